The highest BCUT2D eigenvalue weighted by Gasteiger charge is 2.17. The number of aromatic nitrogens is 1. The van der Waals surface area contributed by atoms with E-state index in [4.69, 9.17) is 0 Å². The van der Waals surface area contributed by atoms with Crippen LogP contribution in [0.15, 0.2) is 48.7 Å². The van der Waals surface area contributed by atoms with Crippen LogP contribution in [0.4, 0.5) is 5.69 Å². The molecule has 4 nitrogen and oxygen atoms in total. The minimum Gasteiger partial charge on any atom is -0.366 e. The Hall–Kier alpha value is -2.36. The molecule has 0 radical (unpaired) electrons. The van der Waals surface area contributed by atoms with Gasteiger partial charge in [-0.1, -0.05) is 56.0 Å². The van der Waals surface area contributed by atoms with Crippen LogP contribution in [0.3, 0.4) is 0 Å². The average molecular weight is 351 g/mol. The maximum atomic E-state index is 12.5. The zero-order chi connectivity index (χ0) is 18.2. The summed E-state index contributed by atoms with van der Waals surface area (Å²) in [5.41, 5.74) is 2.82. The zero-order valence-electron chi connectivity index (χ0n) is 15.7. The van der Waals surface area contributed by atoms with Gasteiger partial charge in [-0.3, -0.25) is 4.79 Å². The number of rotatable bonds is 6. The van der Waals surface area contributed by atoms with Crippen LogP contribution in [-0.4, -0.2) is 23.5 Å². The molecule has 1 N–H and O–H groups in total. The molecule has 0 atom stereocenters. The number of benzene rings is 1. The summed E-state index contributed by atoms with van der Waals surface area (Å²) < 4.78 is 0. The van der Waals surface area contributed by atoms with Gasteiger partial charge in [0.2, 0.25) is 0 Å². The van der Waals surface area contributed by atoms with Crippen LogP contribution in [0.2, 0.25) is 0 Å². The predicted octanol–water partition coefficient (Wildman–Crippen LogP) is 4.56. The van der Waals surface area contributed by atoms with E-state index in [-0.39, 0.29) is 5.91 Å². The molecule has 0 unspecified atom stereocenters. The molecule has 1 amide bonds. The van der Waals surface area contributed by atoms with Crippen molar-refractivity contribution < 1.29 is 4.79 Å². The second-order valence-corrected chi connectivity index (χ2v) is 7.06. The fourth-order valence-electron chi connectivity index (χ4n) is 3.58. The Bertz CT molecular complexity index is 676. The second-order valence-electron chi connectivity index (χ2n) is 7.06. The van der Waals surface area contributed by atoms with Gasteiger partial charge in [0.1, 0.15) is 5.69 Å². The van der Waals surface area contributed by atoms with Crippen LogP contribution in [0.1, 0.15) is 61.5 Å². The summed E-state index contributed by atoms with van der Waals surface area (Å²) >= 11 is 0. The third kappa shape index (κ3) is 5.07. The average Bonchev–Trinajstić information content (AvgIpc) is 2.96. The van der Waals surface area contributed by atoms with Crippen molar-refractivity contribution in [1.29, 1.82) is 0 Å². The Morgan fingerprint density at radius 2 is 1.81 bits per heavy atom. The molecule has 1 fully saturated rings. The molecule has 1 aromatic heterocycles. The Morgan fingerprint density at radius 3 is 2.42 bits per heavy atom. The van der Waals surface area contributed by atoms with Crippen LogP contribution in [-0.2, 0) is 6.54 Å². The highest BCUT2D eigenvalue weighted by Crippen LogP contribution is 2.19. The Morgan fingerprint density at radius 1 is 1.08 bits per heavy atom. The molecule has 4 heteroatoms. The Labute approximate surface area is 156 Å². The van der Waals surface area contributed by atoms with E-state index in [1.54, 1.807) is 0 Å². The number of hydrogen-bond acceptors (Lipinski definition) is 3. The quantitative estimate of drug-likeness (QED) is 0.776. The Kier molecular flexibility index (Phi) is 6.64. The first-order valence-electron chi connectivity index (χ1n) is 9.82. The first-order chi connectivity index (χ1) is 12.8. The molecule has 0 bridgehead atoms. The zero-order valence-corrected chi connectivity index (χ0v) is 15.7. The molecular formula is C22H29N3O. The van der Waals surface area contributed by atoms with E-state index < -0.39 is 0 Å². The van der Waals surface area contributed by atoms with Gasteiger partial charge in [0.15, 0.2) is 0 Å². The minimum absolute atomic E-state index is 0.0467. The van der Waals surface area contributed by atoms with E-state index in [1.165, 1.54) is 31.2 Å². The van der Waals surface area contributed by atoms with E-state index in [1.807, 2.05) is 24.4 Å². The molecular weight excluding hydrogens is 322 g/mol. The lowest BCUT2D eigenvalue weighted by molar-refractivity contribution is 0.0928. The van der Waals surface area contributed by atoms with Crippen molar-refractivity contribution >= 4 is 11.6 Å². The molecule has 26 heavy (non-hydrogen) atoms. The third-order valence-electron chi connectivity index (χ3n) is 5.13. The number of amides is 1. The van der Waals surface area contributed by atoms with Gasteiger partial charge in [-0.05, 0) is 37.5 Å². The molecule has 0 saturated heterocycles. The van der Waals surface area contributed by atoms with Crippen molar-refractivity contribution in [3.8, 4) is 0 Å². The van der Waals surface area contributed by atoms with Crippen molar-refractivity contribution in [3.63, 3.8) is 0 Å². The molecule has 1 saturated carbocycles. The summed E-state index contributed by atoms with van der Waals surface area (Å²) in [6.45, 7) is 3.87. The Balaban J connectivity index is 1.62. The number of pyridine rings is 1. The van der Waals surface area contributed by atoms with Gasteiger partial charge in [-0.2, -0.15) is 0 Å². The molecule has 1 aromatic carbocycles. The number of carbonyl (C=O) groups excluding carboxylic acids is 1. The van der Waals surface area contributed by atoms with Crippen molar-refractivity contribution in [2.45, 2.75) is 58.0 Å². The molecule has 3 rings (SSSR count). The highest BCUT2D eigenvalue weighted by molar-refractivity contribution is 5.92. The lowest BCUT2D eigenvalue weighted by Gasteiger charge is -2.23. The monoisotopic (exact) mass is 351 g/mol. The lowest BCUT2D eigenvalue weighted by Crippen LogP contribution is -2.34. The van der Waals surface area contributed by atoms with Crippen LogP contribution in [0.5, 0.6) is 0 Å². The van der Waals surface area contributed by atoms with Gasteiger partial charge in [0, 0.05) is 19.1 Å². The van der Waals surface area contributed by atoms with Gasteiger partial charge in [0.05, 0.1) is 11.9 Å². The van der Waals surface area contributed by atoms with E-state index in [2.05, 4.69) is 46.4 Å². The molecule has 2 aromatic rings. The van der Waals surface area contributed by atoms with Gasteiger partial charge >= 0.3 is 0 Å². The van der Waals surface area contributed by atoms with Crippen molar-refractivity contribution in [1.82, 2.24) is 10.3 Å². The summed E-state index contributed by atoms with van der Waals surface area (Å²) in [7, 11) is 0. The van der Waals surface area contributed by atoms with Crippen molar-refractivity contribution in [3.05, 3.63) is 59.9 Å². The largest absolute Gasteiger partial charge is 0.366 e. The third-order valence-corrected chi connectivity index (χ3v) is 5.13. The van der Waals surface area contributed by atoms with Crippen LogP contribution < -0.4 is 10.2 Å². The SMILES string of the molecule is CCN(Cc1ccccc1)c1ccc(C(=O)NC2CCCCCC2)nc1. The summed E-state index contributed by atoms with van der Waals surface area (Å²) in [5, 5.41) is 3.16. The number of nitrogens with one attached hydrogen (secondary N) is 1. The van der Waals surface area contributed by atoms with Crippen molar-refractivity contribution in [2.75, 3.05) is 11.4 Å². The van der Waals surface area contributed by atoms with E-state index in [9.17, 15) is 4.79 Å². The molecule has 0 aliphatic heterocycles. The number of hydrogen-bond donors (Lipinski definition) is 1. The van der Waals surface area contributed by atoms with Gasteiger partial charge in [-0.15, -0.1) is 0 Å². The van der Waals surface area contributed by atoms with Crippen LogP contribution >= 0.6 is 0 Å². The molecule has 1 aliphatic carbocycles. The lowest BCUT2D eigenvalue weighted by atomic mass is 10.1. The topological polar surface area (TPSA) is 45.2 Å². The highest BCUT2D eigenvalue weighted by atomic mass is 16.1. The summed E-state index contributed by atoms with van der Waals surface area (Å²) in [4.78, 5) is 19.2. The molecule has 138 valence electrons. The fourth-order valence-corrected chi connectivity index (χ4v) is 3.58. The normalized spacial score (nSPS) is 15.3. The molecule has 1 aliphatic rings. The maximum Gasteiger partial charge on any atom is 0.270 e. The number of nitrogens with zero attached hydrogens (tertiary/aromatic N) is 2. The fraction of sp³-hybridized carbons (Fsp3) is 0.455. The first-order valence-corrected chi connectivity index (χ1v) is 9.82. The minimum atomic E-state index is -0.0467. The van der Waals surface area contributed by atoms with E-state index >= 15 is 0 Å². The first kappa shape index (κ1) is 18.4. The summed E-state index contributed by atoms with van der Waals surface area (Å²) in [5.74, 6) is -0.0467. The predicted molar refractivity (Wildman–Crippen MR) is 106 cm³/mol. The molecule has 1 heterocycles. The molecule has 0 spiro atoms. The van der Waals surface area contributed by atoms with Crippen LogP contribution in [0, 0.1) is 0 Å². The van der Waals surface area contributed by atoms with Gasteiger partial charge < -0.3 is 10.2 Å². The van der Waals surface area contributed by atoms with Gasteiger partial charge in [-0.25, -0.2) is 4.98 Å². The maximum absolute atomic E-state index is 12.5. The number of anilines is 1. The van der Waals surface area contributed by atoms with E-state index in [0.29, 0.717) is 11.7 Å². The number of carbonyl (C=O) groups is 1. The standard InChI is InChI=1S/C22H29N3O/c1-2-25(17-18-10-6-5-7-11-18)20-14-15-21(23-16-20)22(26)24-19-12-8-3-4-9-13-19/h5-7,10-11,14-16,19H,2-4,8-9,12-13,17H2,1H3,(H,24,26). The van der Waals surface area contributed by atoms with Crippen molar-refractivity contribution in [2.24, 2.45) is 0 Å². The van der Waals surface area contributed by atoms with Crippen LogP contribution in [0.25, 0.3) is 0 Å². The summed E-state index contributed by atoms with van der Waals surface area (Å²) in [6.07, 6.45) is 8.98. The second kappa shape index (κ2) is 9.37. The van der Waals surface area contributed by atoms with E-state index in [0.717, 1.165) is 31.6 Å². The van der Waals surface area contributed by atoms with Gasteiger partial charge in [0.25, 0.3) is 5.91 Å². The smallest absolute Gasteiger partial charge is 0.270 e. The summed E-state index contributed by atoms with van der Waals surface area (Å²) in [6, 6.07) is 14.6.